The second-order valence-corrected chi connectivity index (χ2v) is 8.14. The van der Waals surface area contributed by atoms with Gasteiger partial charge in [-0.1, -0.05) is 0 Å². The van der Waals surface area contributed by atoms with Gasteiger partial charge in [-0.3, -0.25) is 19.2 Å². The number of H-pyrrole nitrogens is 2. The van der Waals surface area contributed by atoms with Crippen LogP contribution >= 0.6 is 0 Å². The number of carboxylic acids is 1. The topological polar surface area (TPSA) is 234 Å². The summed E-state index contributed by atoms with van der Waals surface area (Å²) in [6.07, 6.45) is 7.60. The van der Waals surface area contributed by atoms with Crippen LogP contribution in [0.25, 0.3) is 0 Å². The quantitative estimate of drug-likeness (QED) is 0.128. The fraction of sp³-hybridized carbons (Fsp3) is 0.524. The number of hydrogen-bond donors (Lipinski definition) is 8. The van der Waals surface area contributed by atoms with E-state index < -0.39 is 47.9 Å². The summed E-state index contributed by atoms with van der Waals surface area (Å²) in [6, 6.07) is -4.18. The molecule has 0 aliphatic carbocycles. The minimum atomic E-state index is -1.21. The van der Waals surface area contributed by atoms with Gasteiger partial charge in [0, 0.05) is 36.6 Å². The lowest BCUT2D eigenvalue weighted by Crippen LogP contribution is -2.57. The average Bonchev–Trinajstić information content (AvgIpc) is 3.52. The molecule has 0 fully saturated rings. The van der Waals surface area contributed by atoms with Gasteiger partial charge in [0.25, 0.3) is 0 Å². The van der Waals surface area contributed by atoms with Gasteiger partial charge < -0.3 is 42.5 Å². The third-order valence-electron chi connectivity index (χ3n) is 5.25. The standard InChI is InChI=1S/C21H33N9O5/c1-12(21(34)35)28-19(32)16(4-2-3-5-22)29-20(33)17(7-14-9-25-11-27-14)30-18(31)15(23)6-13-8-24-10-26-13/h8-12,15-17H,2-7,22-23H2,1H3,(H,24,26)(H,25,27)(H,28,32)(H,29,33)(H,30,31)(H,34,35). The van der Waals surface area contributed by atoms with Crippen molar-refractivity contribution in [2.45, 2.75) is 63.2 Å². The molecule has 0 aromatic carbocycles. The summed E-state index contributed by atoms with van der Waals surface area (Å²) in [4.78, 5) is 63.3. The molecule has 4 unspecified atom stereocenters. The zero-order valence-electron chi connectivity index (χ0n) is 19.5. The number of rotatable bonds is 15. The van der Waals surface area contributed by atoms with E-state index in [1.165, 1.54) is 25.8 Å². The highest BCUT2D eigenvalue weighted by Gasteiger charge is 2.29. The maximum Gasteiger partial charge on any atom is 0.325 e. The maximum atomic E-state index is 13.2. The highest BCUT2D eigenvalue weighted by molar-refractivity contribution is 5.94. The number of amides is 3. The first-order valence-corrected chi connectivity index (χ1v) is 11.2. The molecule has 0 aliphatic heterocycles. The predicted molar refractivity (Wildman–Crippen MR) is 125 cm³/mol. The van der Waals surface area contributed by atoms with E-state index in [2.05, 4.69) is 35.9 Å². The Morgan fingerprint density at radius 1 is 0.914 bits per heavy atom. The first kappa shape index (κ1) is 27.5. The van der Waals surface area contributed by atoms with Crippen LogP contribution in [0.2, 0.25) is 0 Å². The van der Waals surface area contributed by atoms with Crippen LogP contribution in [0.1, 0.15) is 37.6 Å². The van der Waals surface area contributed by atoms with E-state index in [0.29, 0.717) is 30.8 Å². The number of unbranched alkanes of at least 4 members (excludes halogenated alkanes) is 1. The van der Waals surface area contributed by atoms with Crippen LogP contribution in [0, 0.1) is 0 Å². The van der Waals surface area contributed by atoms with Crippen molar-refractivity contribution < 1.29 is 24.3 Å². The number of aliphatic carboxylic acids is 1. The van der Waals surface area contributed by atoms with Crippen LogP contribution in [-0.4, -0.2) is 79.4 Å². The van der Waals surface area contributed by atoms with Gasteiger partial charge >= 0.3 is 5.97 Å². The van der Waals surface area contributed by atoms with E-state index in [0.717, 1.165) is 0 Å². The molecule has 35 heavy (non-hydrogen) atoms. The average molecular weight is 492 g/mol. The Morgan fingerprint density at radius 3 is 2.03 bits per heavy atom. The Hall–Kier alpha value is -3.78. The van der Waals surface area contributed by atoms with Gasteiger partial charge in [-0.05, 0) is 32.7 Å². The highest BCUT2D eigenvalue weighted by atomic mass is 16.4. The third kappa shape index (κ3) is 9.17. The summed E-state index contributed by atoms with van der Waals surface area (Å²) in [5.74, 6) is -3.05. The van der Waals surface area contributed by atoms with Crippen molar-refractivity contribution in [3.63, 3.8) is 0 Å². The number of nitrogens with zero attached hydrogens (tertiary/aromatic N) is 2. The molecule has 0 saturated heterocycles. The molecule has 2 aromatic rings. The Labute approximate surface area is 202 Å². The van der Waals surface area contributed by atoms with Gasteiger partial charge in [0.15, 0.2) is 0 Å². The molecule has 4 atom stereocenters. The lowest BCUT2D eigenvalue weighted by atomic mass is 10.1. The molecule has 3 amide bonds. The van der Waals surface area contributed by atoms with E-state index in [1.807, 2.05) is 0 Å². The number of nitrogens with two attached hydrogens (primary N) is 2. The molecule has 0 aliphatic rings. The fourth-order valence-corrected chi connectivity index (χ4v) is 3.24. The molecule has 0 spiro atoms. The van der Waals surface area contributed by atoms with Crippen molar-refractivity contribution in [2.24, 2.45) is 11.5 Å². The van der Waals surface area contributed by atoms with Crippen molar-refractivity contribution in [1.29, 1.82) is 0 Å². The number of carboxylic acid groups (broad SMARTS) is 1. The molecule has 14 nitrogen and oxygen atoms in total. The maximum absolute atomic E-state index is 13.2. The minimum absolute atomic E-state index is 0.0665. The fourth-order valence-electron chi connectivity index (χ4n) is 3.24. The smallest absolute Gasteiger partial charge is 0.325 e. The van der Waals surface area contributed by atoms with Gasteiger partial charge in [-0.25, -0.2) is 9.97 Å². The molecule has 0 saturated carbocycles. The summed E-state index contributed by atoms with van der Waals surface area (Å²) >= 11 is 0. The van der Waals surface area contributed by atoms with Crippen LogP contribution in [0.15, 0.2) is 25.0 Å². The molecule has 10 N–H and O–H groups in total. The number of nitrogens with one attached hydrogen (secondary N) is 5. The first-order valence-electron chi connectivity index (χ1n) is 11.2. The van der Waals surface area contributed by atoms with Crippen LogP contribution in [0.4, 0.5) is 0 Å². The Kier molecular flexibility index (Phi) is 10.8. The van der Waals surface area contributed by atoms with E-state index in [9.17, 15) is 19.2 Å². The second kappa shape index (κ2) is 13.8. The molecule has 0 bridgehead atoms. The number of aromatic amines is 2. The lowest BCUT2D eigenvalue weighted by molar-refractivity contribution is -0.141. The molecule has 2 aromatic heterocycles. The lowest BCUT2D eigenvalue weighted by Gasteiger charge is -2.24. The first-order chi connectivity index (χ1) is 16.7. The zero-order valence-corrected chi connectivity index (χ0v) is 19.5. The van der Waals surface area contributed by atoms with Gasteiger partial charge in [0.05, 0.1) is 18.7 Å². The zero-order chi connectivity index (χ0) is 25.8. The van der Waals surface area contributed by atoms with Gasteiger partial charge in [0.2, 0.25) is 17.7 Å². The van der Waals surface area contributed by atoms with Crippen molar-refractivity contribution in [2.75, 3.05) is 6.54 Å². The number of hydrogen-bond acceptors (Lipinski definition) is 8. The summed E-state index contributed by atoms with van der Waals surface area (Å²) in [6.45, 7) is 1.72. The SMILES string of the molecule is CC(NC(=O)C(CCCCN)NC(=O)C(Cc1cnc[nH]1)NC(=O)C(N)Cc1cnc[nH]1)C(=O)O. The van der Waals surface area contributed by atoms with Crippen LogP contribution in [0.5, 0.6) is 0 Å². The largest absolute Gasteiger partial charge is 0.480 e. The summed E-state index contributed by atoms with van der Waals surface area (Å²) < 4.78 is 0. The van der Waals surface area contributed by atoms with E-state index in [-0.39, 0.29) is 19.3 Å². The van der Waals surface area contributed by atoms with Crippen LogP contribution in [0.3, 0.4) is 0 Å². The van der Waals surface area contributed by atoms with Crippen molar-refractivity contribution >= 4 is 23.7 Å². The second-order valence-electron chi connectivity index (χ2n) is 8.14. The number of aromatic nitrogens is 4. The minimum Gasteiger partial charge on any atom is -0.480 e. The Balaban J connectivity index is 2.12. The van der Waals surface area contributed by atoms with Crippen LogP contribution < -0.4 is 27.4 Å². The molecular formula is C21H33N9O5. The van der Waals surface area contributed by atoms with Crippen molar-refractivity contribution in [3.05, 3.63) is 36.4 Å². The predicted octanol–water partition coefficient (Wildman–Crippen LogP) is -2.07. The molecular weight excluding hydrogens is 458 g/mol. The summed E-state index contributed by atoms with van der Waals surface area (Å²) in [5.41, 5.74) is 12.8. The van der Waals surface area contributed by atoms with Gasteiger partial charge in [-0.2, -0.15) is 0 Å². The van der Waals surface area contributed by atoms with Crippen molar-refractivity contribution in [3.8, 4) is 0 Å². The van der Waals surface area contributed by atoms with Gasteiger partial charge in [-0.15, -0.1) is 0 Å². The summed E-state index contributed by atoms with van der Waals surface area (Å²) in [5, 5.41) is 16.7. The molecule has 0 radical (unpaired) electrons. The summed E-state index contributed by atoms with van der Waals surface area (Å²) in [7, 11) is 0. The molecule has 14 heteroatoms. The van der Waals surface area contributed by atoms with Crippen molar-refractivity contribution in [1.82, 2.24) is 35.9 Å². The van der Waals surface area contributed by atoms with E-state index in [1.54, 1.807) is 6.20 Å². The van der Waals surface area contributed by atoms with Gasteiger partial charge in [0.1, 0.15) is 18.1 Å². The molecule has 2 rings (SSSR count). The van der Waals surface area contributed by atoms with E-state index >= 15 is 0 Å². The normalized spacial score (nSPS) is 14.4. The Bertz CT molecular complexity index is 949. The highest BCUT2D eigenvalue weighted by Crippen LogP contribution is 2.06. The third-order valence-corrected chi connectivity index (χ3v) is 5.25. The number of imidazole rings is 2. The monoisotopic (exact) mass is 491 g/mol. The Morgan fingerprint density at radius 2 is 1.49 bits per heavy atom. The van der Waals surface area contributed by atoms with E-state index in [4.69, 9.17) is 16.6 Å². The number of carbonyl (C=O) groups is 4. The van der Waals surface area contributed by atoms with Crippen LogP contribution in [-0.2, 0) is 32.0 Å². The molecule has 2 heterocycles. The number of carbonyl (C=O) groups excluding carboxylic acids is 3. The molecule has 192 valence electrons.